The number of rotatable bonds is 4. The molecule has 0 spiro atoms. The number of hydrogen-bond donors (Lipinski definition) is 0. The van der Waals surface area contributed by atoms with Crippen LogP contribution in [-0.4, -0.2) is 0 Å². The number of nitrogens with zero attached hydrogens (tertiary/aromatic N) is 1. The standard InChI is InChI=1S/C34H27BrClNO/c1-34(2,3)23-19-24(35)21-27(20-23)37(26-15-13-25(36)14-16-26)33-28(22-9-5-4-6-10-22)17-18-31-32(33)29-11-7-8-12-30(29)38-31/h4-21H,1-3H3. The molecule has 0 atom stereocenters. The highest BCUT2D eigenvalue weighted by molar-refractivity contribution is 9.10. The lowest BCUT2D eigenvalue weighted by Gasteiger charge is -2.30. The molecule has 0 aliphatic carbocycles. The zero-order valence-electron chi connectivity index (χ0n) is 21.5. The molecule has 0 aliphatic heterocycles. The van der Waals surface area contributed by atoms with Crippen LogP contribution in [0.2, 0.25) is 5.02 Å². The van der Waals surface area contributed by atoms with Crippen molar-refractivity contribution in [2.45, 2.75) is 26.2 Å². The first-order valence-electron chi connectivity index (χ1n) is 12.7. The molecule has 6 rings (SSSR count). The van der Waals surface area contributed by atoms with Gasteiger partial charge >= 0.3 is 0 Å². The number of para-hydroxylation sites is 1. The molecular weight excluding hydrogens is 554 g/mol. The van der Waals surface area contributed by atoms with E-state index in [2.05, 4.69) is 127 Å². The van der Waals surface area contributed by atoms with Crippen LogP contribution in [-0.2, 0) is 5.41 Å². The van der Waals surface area contributed by atoms with Crippen LogP contribution in [0.1, 0.15) is 26.3 Å². The summed E-state index contributed by atoms with van der Waals surface area (Å²) in [5.41, 5.74) is 8.34. The van der Waals surface area contributed by atoms with E-state index in [4.69, 9.17) is 16.0 Å². The molecule has 0 bridgehead atoms. The molecule has 4 heteroatoms. The fourth-order valence-electron chi connectivity index (χ4n) is 5.02. The van der Waals surface area contributed by atoms with Gasteiger partial charge in [0.1, 0.15) is 11.2 Å². The predicted octanol–water partition coefficient (Wildman–Crippen LogP) is 11.4. The molecule has 0 aliphatic rings. The maximum atomic E-state index is 6.37. The molecular formula is C34H27BrClNO. The first-order valence-corrected chi connectivity index (χ1v) is 13.8. The lowest BCUT2D eigenvalue weighted by Crippen LogP contribution is -2.15. The van der Waals surface area contributed by atoms with Crippen LogP contribution in [0.4, 0.5) is 17.1 Å². The summed E-state index contributed by atoms with van der Waals surface area (Å²) in [6.45, 7) is 6.72. The molecule has 38 heavy (non-hydrogen) atoms. The molecule has 1 heterocycles. The summed E-state index contributed by atoms with van der Waals surface area (Å²) in [6, 6.07) is 37.8. The van der Waals surface area contributed by atoms with Gasteiger partial charge in [-0.2, -0.15) is 0 Å². The van der Waals surface area contributed by atoms with E-state index in [9.17, 15) is 0 Å². The summed E-state index contributed by atoms with van der Waals surface area (Å²) in [7, 11) is 0. The smallest absolute Gasteiger partial charge is 0.137 e. The van der Waals surface area contributed by atoms with Crippen LogP contribution in [0.3, 0.4) is 0 Å². The summed E-state index contributed by atoms with van der Waals surface area (Å²) in [5, 5.41) is 2.86. The Hall–Kier alpha value is -3.53. The number of halogens is 2. The Balaban J connectivity index is 1.77. The van der Waals surface area contributed by atoms with Gasteiger partial charge in [0.25, 0.3) is 0 Å². The van der Waals surface area contributed by atoms with Crippen LogP contribution in [0, 0.1) is 0 Å². The van der Waals surface area contributed by atoms with Crippen molar-refractivity contribution in [3.8, 4) is 11.1 Å². The maximum absolute atomic E-state index is 6.37. The van der Waals surface area contributed by atoms with Crippen molar-refractivity contribution in [2.75, 3.05) is 4.90 Å². The topological polar surface area (TPSA) is 16.4 Å². The molecule has 2 nitrogen and oxygen atoms in total. The van der Waals surface area contributed by atoms with Crippen LogP contribution in [0.5, 0.6) is 0 Å². The van der Waals surface area contributed by atoms with Gasteiger partial charge in [0.05, 0.1) is 11.1 Å². The highest BCUT2D eigenvalue weighted by atomic mass is 79.9. The Labute approximate surface area is 236 Å². The largest absolute Gasteiger partial charge is 0.456 e. The summed E-state index contributed by atoms with van der Waals surface area (Å²) in [6.07, 6.45) is 0. The van der Waals surface area contributed by atoms with Crippen LogP contribution >= 0.6 is 27.5 Å². The van der Waals surface area contributed by atoms with E-state index >= 15 is 0 Å². The molecule has 5 aromatic carbocycles. The van der Waals surface area contributed by atoms with Gasteiger partial charge in [0.2, 0.25) is 0 Å². The van der Waals surface area contributed by atoms with E-state index in [0.29, 0.717) is 5.02 Å². The molecule has 0 radical (unpaired) electrons. The molecule has 0 unspecified atom stereocenters. The van der Waals surface area contributed by atoms with Crippen molar-refractivity contribution >= 4 is 66.5 Å². The van der Waals surface area contributed by atoms with Crippen molar-refractivity contribution in [1.29, 1.82) is 0 Å². The highest BCUT2D eigenvalue weighted by Gasteiger charge is 2.25. The molecule has 0 saturated carbocycles. The number of anilines is 3. The van der Waals surface area contributed by atoms with Gasteiger partial charge in [-0.3, -0.25) is 0 Å². The molecule has 1 aromatic heterocycles. The number of benzene rings is 5. The fourth-order valence-corrected chi connectivity index (χ4v) is 5.62. The third-order valence-electron chi connectivity index (χ3n) is 6.92. The first-order chi connectivity index (χ1) is 18.3. The van der Waals surface area contributed by atoms with Gasteiger partial charge in [-0.15, -0.1) is 0 Å². The van der Waals surface area contributed by atoms with Gasteiger partial charge in [-0.05, 0) is 77.2 Å². The summed E-state index contributed by atoms with van der Waals surface area (Å²) < 4.78 is 7.40. The summed E-state index contributed by atoms with van der Waals surface area (Å²) in [5.74, 6) is 0. The van der Waals surface area contributed by atoms with Gasteiger partial charge in [0.15, 0.2) is 0 Å². The summed E-state index contributed by atoms with van der Waals surface area (Å²) >= 11 is 10.2. The van der Waals surface area contributed by atoms with E-state index in [1.54, 1.807) is 0 Å². The van der Waals surface area contributed by atoms with E-state index in [-0.39, 0.29) is 5.41 Å². The van der Waals surface area contributed by atoms with Crippen molar-refractivity contribution in [1.82, 2.24) is 0 Å². The zero-order valence-corrected chi connectivity index (χ0v) is 23.8. The minimum atomic E-state index is -0.0270. The van der Waals surface area contributed by atoms with Gasteiger partial charge in [-0.1, -0.05) is 96.8 Å². The third-order valence-corrected chi connectivity index (χ3v) is 7.63. The Morgan fingerprint density at radius 2 is 1.42 bits per heavy atom. The number of hydrogen-bond acceptors (Lipinski definition) is 2. The third kappa shape index (κ3) is 4.51. The normalized spacial score (nSPS) is 11.8. The molecule has 188 valence electrons. The molecule has 0 amide bonds. The van der Waals surface area contributed by atoms with Gasteiger partial charge < -0.3 is 9.32 Å². The lowest BCUT2D eigenvalue weighted by atomic mass is 9.86. The average molecular weight is 581 g/mol. The van der Waals surface area contributed by atoms with Crippen LogP contribution in [0.25, 0.3) is 33.1 Å². The Kier molecular flexibility index (Phi) is 6.29. The number of fused-ring (bicyclic) bond motifs is 3. The first kappa shape index (κ1) is 24.8. The minimum absolute atomic E-state index is 0.0270. The minimum Gasteiger partial charge on any atom is -0.456 e. The van der Waals surface area contributed by atoms with Crippen molar-refractivity contribution in [3.05, 3.63) is 124 Å². The second-order valence-corrected chi connectivity index (χ2v) is 11.9. The van der Waals surface area contributed by atoms with Gasteiger partial charge in [0, 0.05) is 31.8 Å². The van der Waals surface area contributed by atoms with Gasteiger partial charge in [-0.25, -0.2) is 0 Å². The quantitative estimate of drug-likeness (QED) is 0.206. The van der Waals surface area contributed by atoms with E-state index in [1.807, 2.05) is 24.3 Å². The highest BCUT2D eigenvalue weighted by Crippen LogP contribution is 2.49. The average Bonchev–Trinajstić information content (AvgIpc) is 3.29. The Morgan fingerprint density at radius 1 is 0.711 bits per heavy atom. The Morgan fingerprint density at radius 3 is 2.16 bits per heavy atom. The maximum Gasteiger partial charge on any atom is 0.137 e. The summed E-state index contributed by atoms with van der Waals surface area (Å²) in [4.78, 5) is 2.34. The van der Waals surface area contributed by atoms with E-state index in [0.717, 1.165) is 54.6 Å². The second kappa shape index (κ2) is 9.65. The second-order valence-electron chi connectivity index (χ2n) is 10.6. The Bertz CT molecular complexity index is 1770. The van der Waals surface area contributed by atoms with Crippen LogP contribution < -0.4 is 4.90 Å². The molecule has 6 aromatic rings. The van der Waals surface area contributed by atoms with Crippen LogP contribution in [0.15, 0.2) is 118 Å². The van der Waals surface area contributed by atoms with Crippen molar-refractivity contribution in [2.24, 2.45) is 0 Å². The SMILES string of the molecule is CC(C)(C)c1cc(Br)cc(N(c2ccc(Cl)cc2)c2c(-c3ccccc3)ccc3oc4ccccc4c23)c1. The van der Waals surface area contributed by atoms with Crippen molar-refractivity contribution < 1.29 is 4.42 Å². The predicted molar refractivity (Wildman–Crippen MR) is 165 cm³/mol. The molecule has 0 saturated heterocycles. The fraction of sp³-hybridized carbons (Fsp3) is 0.118. The molecule has 0 fully saturated rings. The van der Waals surface area contributed by atoms with E-state index in [1.165, 1.54) is 5.56 Å². The zero-order chi connectivity index (χ0) is 26.4. The van der Waals surface area contributed by atoms with Crippen molar-refractivity contribution in [3.63, 3.8) is 0 Å². The monoisotopic (exact) mass is 579 g/mol. The molecule has 0 N–H and O–H groups in total. The lowest BCUT2D eigenvalue weighted by molar-refractivity contribution is 0.590. The number of furan rings is 1. The van der Waals surface area contributed by atoms with E-state index < -0.39 is 0 Å².